The maximum atomic E-state index is 12.7. The third kappa shape index (κ3) is 4.52. The summed E-state index contributed by atoms with van der Waals surface area (Å²) in [5.41, 5.74) is 4.66. The van der Waals surface area contributed by atoms with Gasteiger partial charge >= 0.3 is 11.7 Å². The quantitative estimate of drug-likeness (QED) is 0.425. The Morgan fingerprint density at radius 1 is 1.16 bits per heavy atom. The zero-order valence-electron chi connectivity index (χ0n) is 17.8. The Balaban J connectivity index is 1.80. The number of furan rings is 1. The van der Waals surface area contributed by atoms with Crippen molar-refractivity contribution in [3.05, 3.63) is 73.6 Å². The lowest BCUT2D eigenvalue weighted by atomic mass is 10.1. The number of carbonyl (C=O) groups is 2. The number of carbonyl (C=O) groups excluding carboxylic acids is 2. The highest BCUT2D eigenvalue weighted by atomic mass is 35.5. The zero-order chi connectivity index (χ0) is 23.6. The van der Waals surface area contributed by atoms with E-state index in [-0.39, 0.29) is 24.0 Å². The van der Waals surface area contributed by atoms with Crippen molar-refractivity contribution in [2.24, 2.45) is 13.0 Å². The zero-order valence-corrected chi connectivity index (χ0v) is 18.5. The van der Waals surface area contributed by atoms with Crippen molar-refractivity contribution < 1.29 is 18.7 Å². The normalized spacial score (nSPS) is 11.0. The van der Waals surface area contributed by atoms with Gasteiger partial charge in [-0.15, -0.1) is 0 Å². The molecule has 0 amide bonds. The van der Waals surface area contributed by atoms with Crippen molar-refractivity contribution in [2.45, 2.75) is 20.4 Å². The molecule has 0 saturated heterocycles. The predicted molar refractivity (Wildman–Crippen MR) is 119 cm³/mol. The summed E-state index contributed by atoms with van der Waals surface area (Å²) in [5, 5.41) is 0.444. The number of esters is 1. The van der Waals surface area contributed by atoms with Crippen LogP contribution in [0.25, 0.3) is 11.3 Å². The molecule has 1 aromatic carbocycles. The first-order valence-electron chi connectivity index (χ1n) is 9.76. The molecule has 3 rings (SSSR count). The van der Waals surface area contributed by atoms with Crippen LogP contribution < -0.4 is 17.0 Å². The minimum atomic E-state index is -0.900. The van der Waals surface area contributed by atoms with Crippen LogP contribution in [-0.4, -0.2) is 27.5 Å². The van der Waals surface area contributed by atoms with E-state index < -0.39 is 35.2 Å². The maximum absolute atomic E-state index is 12.7. The number of nitrogen functional groups attached to an aromatic ring is 1. The number of aromatic nitrogens is 2. The molecule has 2 heterocycles. The summed E-state index contributed by atoms with van der Waals surface area (Å²) >= 11 is 6.13. The van der Waals surface area contributed by atoms with Crippen molar-refractivity contribution in [3.63, 3.8) is 0 Å². The lowest BCUT2D eigenvalue weighted by Crippen LogP contribution is -2.43. The molecule has 0 aliphatic carbocycles. The molecule has 0 bridgehead atoms. The van der Waals surface area contributed by atoms with E-state index in [0.29, 0.717) is 16.3 Å². The number of ketones is 1. The summed E-state index contributed by atoms with van der Waals surface area (Å²) in [6, 6.07) is 9.88. The number of nitrogens with two attached hydrogens (primary N) is 1. The highest BCUT2D eigenvalue weighted by molar-refractivity contribution is 6.33. The van der Waals surface area contributed by atoms with Gasteiger partial charge in [0.25, 0.3) is 5.56 Å². The van der Waals surface area contributed by atoms with E-state index in [2.05, 4.69) is 0 Å². The van der Waals surface area contributed by atoms with Gasteiger partial charge in [-0.1, -0.05) is 37.6 Å². The Bertz CT molecular complexity index is 1300. The second-order valence-electron chi connectivity index (χ2n) is 7.55. The maximum Gasteiger partial charge on any atom is 0.374 e. The van der Waals surface area contributed by atoms with Crippen LogP contribution in [0.1, 0.15) is 34.8 Å². The van der Waals surface area contributed by atoms with E-state index in [1.165, 1.54) is 13.1 Å². The van der Waals surface area contributed by atoms with Gasteiger partial charge in [0, 0.05) is 19.2 Å². The highest BCUT2D eigenvalue weighted by Crippen LogP contribution is 2.29. The molecule has 3 aromatic rings. The Morgan fingerprint density at radius 3 is 2.50 bits per heavy atom. The second-order valence-corrected chi connectivity index (χ2v) is 7.96. The Kier molecular flexibility index (Phi) is 6.69. The fraction of sp³-hybridized carbons (Fsp3) is 0.273. The third-order valence-corrected chi connectivity index (χ3v) is 5.02. The molecule has 0 fully saturated rings. The van der Waals surface area contributed by atoms with Gasteiger partial charge in [0.15, 0.2) is 6.61 Å². The molecule has 168 valence electrons. The number of Topliss-reactive ketones (excluding diaryl/α,β-unsaturated/α-hetero) is 1. The van der Waals surface area contributed by atoms with Crippen LogP contribution in [-0.2, 0) is 18.3 Å². The first-order chi connectivity index (χ1) is 15.1. The van der Waals surface area contributed by atoms with E-state index >= 15 is 0 Å². The standard InChI is InChI=1S/C22H22ClN3O6/c1-12(2)10-26-19(24)18(20(28)25(3)22(26)30)15(27)11-31-21(29)17-9-8-16(32-17)13-6-4-5-7-14(13)23/h4-9,12H,10-11,24H2,1-3H3. The smallest absolute Gasteiger partial charge is 0.374 e. The average Bonchev–Trinajstić information content (AvgIpc) is 3.24. The summed E-state index contributed by atoms with van der Waals surface area (Å²) in [6.07, 6.45) is 0. The predicted octanol–water partition coefficient (Wildman–Crippen LogP) is 2.74. The molecule has 0 unspecified atom stereocenters. The molecule has 10 heteroatoms. The molecule has 0 radical (unpaired) electrons. The van der Waals surface area contributed by atoms with Crippen LogP contribution in [0, 0.1) is 5.92 Å². The van der Waals surface area contributed by atoms with Gasteiger partial charge in [0.1, 0.15) is 17.1 Å². The van der Waals surface area contributed by atoms with Crippen LogP contribution >= 0.6 is 11.6 Å². The first kappa shape index (κ1) is 23.1. The van der Waals surface area contributed by atoms with E-state index in [0.717, 1.165) is 9.13 Å². The third-order valence-electron chi connectivity index (χ3n) is 4.69. The topological polar surface area (TPSA) is 127 Å². The van der Waals surface area contributed by atoms with E-state index in [4.69, 9.17) is 26.5 Å². The molecule has 2 aromatic heterocycles. The number of ether oxygens (including phenoxy) is 1. The van der Waals surface area contributed by atoms with E-state index in [9.17, 15) is 19.2 Å². The average molecular weight is 460 g/mol. The van der Waals surface area contributed by atoms with Crippen molar-refractivity contribution in [3.8, 4) is 11.3 Å². The number of halogens is 1. The lowest BCUT2D eigenvalue weighted by molar-refractivity contribution is 0.0444. The van der Waals surface area contributed by atoms with Gasteiger partial charge in [-0.2, -0.15) is 0 Å². The largest absolute Gasteiger partial charge is 0.451 e. The lowest BCUT2D eigenvalue weighted by Gasteiger charge is -2.16. The van der Waals surface area contributed by atoms with Crippen molar-refractivity contribution in [1.82, 2.24) is 9.13 Å². The number of benzene rings is 1. The van der Waals surface area contributed by atoms with Crippen LogP contribution in [0.15, 0.2) is 50.4 Å². The van der Waals surface area contributed by atoms with Crippen molar-refractivity contribution in [2.75, 3.05) is 12.3 Å². The van der Waals surface area contributed by atoms with Crippen LogP contribution in [0.3, 0.4) is 0 Å². The van der Waals surface area contributed by atoms with Crippen molar-refractivity contribution >= 4 is 29.2 Å². The number of hydrogen-bond acceptors (Lipinski definition) is 7. The van der Waals surface area contributed by atoms with Gasteiger partial charge in [0.2, 0.25) is 11.5 Å². The Labute approximate surface area is 188 Å². The molecule has 32 heavy (non-hydrogen) atoms. The summed E-state index contributed by atoms with van der Waals surface area (Å²) in [7, 11) is 1.25. The van der Waals surface area contributed by atoms with E-state index in [1.54, 1.807) is 30.3 Å². The fourth-order valence-electron chi connectivity index (χ4n) is 3.11. The SMILES string of the molecule is CC(C)Cn1c(N)c(C(=O)COC(=O)c2ccc(-c3ccccc3Cl)o2)c(=O)n(C)c1=O. The van der Waals surface area contributed by atoms with Gasteiger partial charge in [-0.05, 0) is 30.2 Å². The Morgan fingerprint density at radius 2 is 1.84 bits per heavy atom. The fourth-order valence-corrected chi connectivity index (χ4v) is 3.34. The summed E-state index contributed by atoms with van der Waals surface area (Å²) in [6.45, 7) is 3.19. The summed E-state index contributed by atoms with van der Waals surface area (Å²) in [4.78, 5) is 49.8. The van der Waals surface area contributed by atoms with Crippen LogP contribution in [0.5, 0.6) is 0 Å². The molecular formula is C22H22ClN3O6. The number of hydrogen-bond donors (Lipinski definition) is 1. The number of anilines is 1. The molecule has 0 spiro atoms. The Hall–Kier alpha value is -3.59. The molecule has 0 saturated carbocycles. The molecule has 9 nitrogen and oxygen atoms in total. The van der Waals surface area contributed by atoms with Crippen LogP contribution in [0.2, 0.25) is 5.02 Å². The minimum absolute atomic E-state index is 0.0412. The summed E-state index contributed by atoms with van der Waals surface area (Å²) < 4.78 is 12.5. The van der Waals surface area contributed by atoms with Gasteiger partial charge in [-0.3, -0.25) is 18.7 Å². The monoisotopic (exact) mass is 459 g/mol. The summed E-state index contributed by atoms with van der Waals surface area (Å²) in [5.74, 6) is -1.73. The first-order valence-corrected chi connectivity index (χ1v) is 10.1. The molecule has 0 aliphatic heterocycles. The van der Waals surface area contributed by atoms with Crippen molar-refractivity contribution in [1.29, 1.82) is 0 Å². The highest BCUT2D eigenvalue weighted by Gasteiger charge is 2.24. The van der Waals surface area contributed by atoms with Gasteiger partial charge < -0.3 is 14.9 Å². The second kappa shape index (κ2) is 9.27. The molecular weight excluding hydrogens is 438 g/mol. The minimum Gasteiger partial charge on any atom is -0.451 e. The van der Waals surface area contributed by atoms with Crippen LogP contribution in [0.4, 0.5) is 5.82 Å². The molecule has 0 aliphatic rings. The van der Waals surface area contributed by atoms with E-state index in [1.807, 2.05) is 13.8 Å². The molecule has 2 N–H and O–H groups in total. The number of nitrogens with zero attached hydrogens (tertiary/aromatic N) is 2. The molecule has 0 atom stereocenters. The van der Waals surface area contributed by atoms with Gasteiger partial charge in [-0.25, -0.2) is 9.59 Å². The number of rotatable bonds is 7. The van der Waals surface area contributed by atoms with Gasteiger partial charge in [0.05, 0.1) is 5.02 Å².